The van der Waals surface area contributed by atoms with Gasteiger partial charge in [-0.25, -0.2) is 0 Å². The molecule has 0 bridgehead atoms. The van der Waals surface area contributed by atoms with Crippen LogP contribution in [0.1, 0.15) is 49.3 Å². The largest absolute Gasteiger partial charge is 0.301 e. The third kappa shape index (κ3) is 2.14. The van der Waals surface area contributed by atoms with Gasteiger partial charge in [-0.2, -0.15) is 0 Å². The first-order valence-electron chi connectivity index (χ1n) is 6.79. The normalized spacial score (nSPS) is 25.1. The Hall–Kier alpha value is -0.670. The van der Waals surface area contributed by atoms with Crippen molar-refractivity contribution >= 4 is 22.2 Å². The summed E-state index contributed by atoms with van der Waals surface area (Å²) < 4.78 is 1.11. The summed E-state index contributed by atoms with van der Waals surface area (Å²) in [5.74, 6) is 0. The van der Waals surface area contributed by atoms with E-state index >= 15 is 0 Å². The first kappa shape index (κ1) is 12.4. The van der Waals surface area contributed by atoms with Crippen LogP contribution in [-0.4, -0.2) is 17.2 Å². The van der Waals surface area contributed by atoms with Crippen molar-refractivity contribution in [3.05, 3.63) is 33.8 Å². The van der Waals surface area contributed by atoms with E-state index in [1.165, 1.54) is 43.2 Å². The van der Waals surface area contributed by atoms with E-state index in [0.29, 0.717) is 6.04 Å². The molecular weight excluding hydrogens is 290 g/mol. The predicted molar refractivity (Wildman–Crippen MR) is 75.4 cm³/mol. The number of hydrogen-bond acceptors (Lipinski definition) is 2. The second-order valence-corrected chi connectivity index (χ2v) is 6.30. The van der Waals surface area contributed by atoms with E-state index in [-0.39, 0.29) is 6.04 Å². The molecule has 0 aromatic heterocycles. The standard InChI is InChI=1S/C15H18BrNO/c16-12-6-7-14-11(8-12)9-17(15(14)10-18)13-4-2-1-3-5-13/h6-8,10,13,15H,1-5,9H2. The van der Waals surface area contributed by atoms with Gasteiger partial charge in [0.1, 0.15) is 6.29 Å². The number of halogens is 1. The van der Waals surface area contributed by atoms with Crippen LogP contribution in [-0.2, 0) is 11.3 Å². The molecule has 1 aliphatic carbocycles. The molecule has 1 aliphatic heterocycles. The fourth-order valence-electron chi connectivity index (χ4n) is 3.39. The molecule has 1 saturated carbocycles. The summed E-state index contributed by atoms with van der Waals surface area (Å²) in [6.07, 6.45) is 7.60. The van der Waals surface area contributed by atoms with Gasteiger partial charge in [-0.15, -0.1) is 0 Å². The Morgan fingerprint density at radius 1 is 1.22 bits per heavy atom. The molecule has 1 aromatic carbocycles. The second kappa shape index (κ2) is 5.14. The number of carbonyl (C=O) groups excluding carboxylic acids is 1. The summed E-state index contributed by atoms with van der Waals surface area (Å²) in [7, 11) is 0. The lowest BCUT2D eigenvalue weighted by Crippen LogP contribution is -2.36. The first-order valence-corrected chi connectivity index (χ1v) is 7.58. The molecule has 1 fully saturated rings. The van der Waals surface area contributed by atoms with E-state index in [9.17, 15) is 4.79 Å². The highest BCUT2D eigenvalue weighted by Gasteiger charge is 2.34. The van der Waals surface area contributed by atoms with Crippen molar-refractivity contribution in [1.82, 2.24) is 4.90 Å². The van der Waals surface area contributed by atoms with Crippen LogP contribution in [0, 0.1) is 0 Å². The topological polar surface area (TPSA) is 20.3 Å². The zero-order chi connectivity index (χ0) is 12.5. The smallest absolute Gasteiger partial charge is 0.141 e. The van der Waals surface area contributed by atoms with Gasteiger partial charge in [-0.1, -0.05) is 41.3 Å². The highest BCUT2D eigenvalue weighted by atomic mass is 79.9. The Kier molecular flexibility index (Phi) is 3.53. The minimum Gasteiger partial charge on any atom is -0.301 e. The molecule has 0 saturated heterocycles. The summed E-state index contributed by atoms with van der Waals surface area (Å²) in [5, 5.41) is 0. The molecule has 18 heavy (non-hydrogen) atoms. The van der Waals surface area contributed by atoms with Crippen LogP contribution in [0.5, 0.6) is 0 Å². The van der Waals surface area contributed by atoms with E-state index in [0.717, 1.165) is 17.3 Å². The SMILES string of the molecule is O=CC1c2ccc(Br)cc2CN1C1CCCCC1. The molecule has 2 nitrogen and oxygen atoms in total. The highest BCUT2D eigenvalue weighted by molar-refractivity contribution is 9.10. The van der Waals surface area contributed by atoms with E-state index < -0.39 is 0 Å². The van der Waals surface area contributed by atoms with Crippen LogP contribution in [0.25, 0.3) is 0 Å². The fourth-order valence-corrected chi connectivity index (χ4v) is 3.80. The highest BCUT2D eigenvalue weighted by Crippen LogP contribution is 2.38. The molecule has 0 amide bonds. The summed E-state index contributed by atoms with van der Waals surface area (Å²) in [6.45, 7) is 0.933. The fraction of sp³-hybridized carbons (Fsp3) is 0.533. The van der Waals surface area contributed by atoms with Gasteiger partial charge < -0.3 is 4.79 Å². The molecule has 3 heteroatoms. The monoisotopic (exact) mass is 307 g/mol. The maximum Gasteiger partial charge on any atom is 0.141 e. The number of rotatable bonds is 2. The van der Waals surface area contributed by atoms with Crippen molar-refractivity contribution in [1.29, 1.82) is 0 Å². The van der Waals surface area contributed by atoms with Crippen molar-refractivity contribution in [2.45, 2.75) is 50.7 Å². The number of fused-ring (bicyclic) bond motifs is 1. The van der Waals surface area contributed by atoms with Crippen molar-refractivity contribution in [2.24, 2.45) is 0 Å². The molecule has 0 radical (unpaired) electrons. The maximum absolute atomic E-state index is 11.5. The van der Waals surface area contributed by atoms with Crippen molar-refractivity contribution in [3.63, 3.8) is 0 Å². The lowest BCUT2D eigenvalue weighted by atomic mass is 9.93. The summed E-state index contributed by atoms with van der Waals surface area (Å²) in [4.78, 5) is 13.9. The van der Waals surface area contributed by atoms with Gasteiger partial charge in [0, 0.05) is 17.1 Å². The number of benzene rings is 1. The lowest BCUT2D eigenvalue weighted by molar-refractivity contribution is -0.113. The molecule has 2 aliphatic rings. The van der Waals surface area contributed by atoms with Gasteiger partial charge in [0.15, 0.2) is 0 Å². The molecule has 1 heterocycles. The van der Waals surface area contributed by atoms with Crippen LogP contribution < -0.4 is 0 Å². The Morgan fingerprint density at radius 3 is 2.72 bits per heavy atom. The minimum atomic E-state index is -0.0174. The van der Waals surface area contributed by atoms with E-state index in [2.05, 4.69) is 33.0 Å². The quantitative estimate of drug-likeness (QED) is 0.774. The van der Waals surface area contributed by atoms with Crippen LogP contribution in [0.3, 0.4) is 0 Å². The third-order valence-corrected chi connectivity index (χ3v) is 4.80. The minimum absolute atomic E-state index is 0.0174. The van der Waals surface area contributed by atoms with Crippen molar-refractivity contribution in [2.75, 3.05) is 0 Å². The molecule has 1 atom stereocenters. The molecule has 3 rings (SSSR count). The molecule has 1 unspecified atom stereocenters. The average molecular weight is 308 g/mol. The van der Waals surface area contributed by atoms with Gasteiger partial charge >= 0.3 is 0 Å². The van der Waals surface area contributed by atoms with E-state index in [4.69, 9.17) is 0 Å². The van der Waals surface area contributed by atoms with Crippen LogP contribution >= 0.6 is 15.9 Å². The van der Waals surface area contributed by atoms with E-state index in [1.807, 2.05) is 6.07 Å². The number of aldehydes is 1. The lowest BCUT2D eigenvalue weighted by Gasteiger charge is -2.33. The van der Waals surface area contributed by atoms with Gasteiger partial charge in [0.25, 0.3) is 0 Å². The summed E-state index contributed by atoms with van der Waals surface area (Å²) in [5.41, 5.74) is 2.52. The molecule has 0 spiro atoms. The van der Waals surface area contributed by atoms with Gasteiger partial charge in [-0.05, 0) is 36.1 Å². The Bertz CT molecular complexity index is 454. The number of hydrogen-bond donors (Lipinski definition) is 0. The molecule has 96 valence electrons. The number of nitrogens with zero attached hydrogens (tertiary/aromatic N) is 1. The van der Waals surface area contributed by atoms with Gasteiger partial charge in [-0.3, -0.25) is 4.90 Å². The van der Waals surface area contributed by atoms with Crippen LogP contribution in [0.15, 0.2) is 22.7 Å². The van der Waals surface area contributed by atoms with Crippen molar-refractivity contribution in [3.8, 4) is 0 Å². The zero-order valence-corrected chi connectivity index (χ0v) is 12.0. The Labute approximate surface area is 116 Å². The number of carbonyl (C=O) groups is 1. The molecular formula is C15H18BrNO. The molecule has 0 N–H and O–H groups in total. The summed E-state index contributed by atoms with van der Waals surface area (Å²) >= 11 is 3.52. The zero-order valence-electron chi connectivity index (χ0n) is 10.4. The van der Waals surface area contributed by atoms with Crippen LogP contribution in [0.4, 0.5) is 0 Å². The predicted octanol–water partition coefficient (Wildman–Crippen LogP) is 3.84. The Balaban J connectivity index is 1.88. The summed E-state index contributed by atoms with van der Waals surface area (Å²) in [6, 6.07) is 6.88. The van der Waals surface area contributed by atoms with Crippen molar-refractivity contribution < 1.29 is 4.79 Å². The maximum atomic E-state index is 11.5. The molecule has 1 aromatic rings. The first-order chi connectivity index (χ1) is 8.79. The van der Waals surface area contributed by atoms with E-state index in [1.54, 1.807) is 0 Å². The third-order valence-electron chi connectivity index (χ3n) is 4.31. The van der Waals surface area contributed by atoms with Crippen LogP contribution in [0.2, 0.25) is 0 Å². The average Bonchev–Trinajstić information content (AvgIpc) is 2.77. The Morgan fingerprint density at radius 2 is 2.00 bits per heavy atom. The second-order valence-electron chi connectivity index (χ2n) is 5.39. The van der Waals surface area contributed by atoms with Gasteiger partial charge in [0.2, 0.25) is 0 Å². The van der Waals surface area contributed by atoms with Gasteiger partial charge in [0.05, 0.1) is 6.04 Å².